The topological polar surface area (TPSA) is 46.1 Å². The molecule has 0 fully saturated rings. The quantitative estimate of drug-likeness (QED) is 0.775. The summed E-state index contributed by atoms with van der Waals surface area (Å²) in [4.78, 5) is 0. The fourth-order valence-electron chi connectivity index (χ4n) is 2.06. The Bertz CT molecular complexity index is 449. The van der Waals surface area contributed by atoms with Crippen LogP contribution in [0.2, 0.25) is 5.02 Å². The molecule has 0 amide bonds. The highest BCUT2D eigenvalue weighted by molar-refractivity contribution is 6.31. The van der Waals surface area contributed by atoms with E-state index < -0.39 is 6.10 Å². The van der Waals surface area contributed by atoms with Crippen LogP contribution in [-0.4, -0.2) is 30.4 Å². The number of hydrogen-bond donors (Lipinski definition) is 2. The first-order valence-corrected chi connectivity index (χ1v) is 8.17. The summed E-state index contributed by atoms with van der Waals surface area (Å²) in [5.74, 6) is 1.16. The van der Waals surface area contributed by atoms with Crippen molar-refractivity contribution >= 4 is 11.6 Å². The lowest BCUT2D eigenvalue weighted by molar-refractivity contribution is -0.691. The Kier molecular flexibility index (Phi) is 7.50. The summed E-state index contributed by atoms with van der Waals surface area (Å²) >= 11 is 6.18. The van der Waals surface area contributed by atoms with Crippen molar-refractivity contribution in [3.63, 3.8) is 0 Å². The molecule has 0 saturated heterocycles. The van der Waals surface area contributed by atoms with E-state index in [1.165, 1.54) is 0 Å². The maximum Gasteiger partial charge on any atom is 0.137 e. The van der Waals surface area contributed by atoms with Gasteiger partial charge in [-0.1, -0.05) is 32.4 Å². The molecule has 0 aliphatic rings. The predicted molar refractivity (Wildman–Crippen MR) is 88.3 cm³/mol. The number of ether oxygens (including phenoxy) is 1. The maximum atomic E-state index is 10.0. The lowest BCUT2D eigenvalue weighted by Crippen LogP contribution is -2.91. The molecular formula is C17H29ClNO2+. The molecule has 0 heterocycles. The minimum absolute atomic E-state index is 0.313. The molecule has 1 aromatic carbocycles. The number of rotatable bonds is 8. The number of hydrogen-bond acceptors (Lipinski definition) is 2. The van der Waals surface area contributed by atoms with Gasteiger partial charge in [0.25, 0.3) is 0 Å². The van der Waals surface area contributed by atoms with Gasteiger partial charge in [-0.2, -0.15) is 0 Å². The van der Waals surface area contributed by atoms with E-state index >= 15 is 0 Å². The molecular weight excluding hydrogens is 286 g/mol. The number of quaternary nitrogens is 1. The van der Waals surface area contributed by atoms with E-state index in [0.29, 0.717) is 25.1 Å². The van der Waals surface area contributed by atoms with Crippen LogP contribution in [0.5, 0.6) is 5.75 Å². The molecule has 0 aliphatic heterocycles. The van der Waals surface area contributed by atoms with E-state index in [2.05, 4.69) is 33.0 Å². The van der Waals surface area contributed by atoms with E-state index in [4.69, 9.17) is 16.3 Å². The van der Waals surface area contributed by atoms with Crippen molar-refractivity contribution in [2.24, 2.45) is 0 Å². The van der Waals surface area contributed by atoms with E-state index in [9.17, 15) is 5.11 Å². The fraction of sp³-hybridized carbons (Fsp3) is 0.647. The van der Waals surface area contributed by atoms with Gasteiger partial charge in [0.15, 0.2) is 0 Å². The molecule has 3 nitrogen and oxygen atoms in total. The summed E-state index contributed by atoms with van der Waals surface area (Å²) in [6, 6.07) is 4.46. The summed E-state index contributed by atoms with van der Waals surface area (Å²) in [6.07, 6.45) is 0.636. The predicted octanol–water partition coefficient (Wildman–Crippen LogP) is 2.87. The molecule has 1 aromatic rings. The third-order valence-corrected chi connectivity index (χ3v) is 4.21. The van der Waals surface area contributed by atoms with Gasteiger partial charge < -0.3 is 15.2 Å². The van der Waals surface area contributed by atoms with Crippen molar-refractivity contribution in [2.75, 3.05) is 13.2 Å². The molecule has 0 bridgehead atoms. The summed E-state index contributed by atoms with van der Waals surface area (Å²) in [6.45, 7) is 11.5. The van der Waals surface area contributed by atoms with Crippen molar-refractivity contribution in [2.45, 2.75) is 59.1 Å². The van der Waals surface area contributed by atoms with Crippen LogP contribution >= 0.6 is 11.6 Å². The van der Waals surface area contributed by atoms with Gasteiger partial charge >= 0.3 is 0 Å². The molecule has 0 unspecified atom stereocenters. The Labute approximate surface area is 133 Å². The summed E-state index contributed by atoms with van der Waals surface area (Å²) in [5, 5.41) is 12.9. The van der Waals surface area contributed by atoms with Crippen molar-refractivity contribution in [3.8, 4) is 5.75 Å². The van der Waals surface area contributed by atoms with Crippen LogP contribution in [0.3, 0.4) is 0 Å². The Morgan fingerprint density at radius 1 is 1.29 bits per heavy atom. The Morgan fingerprint density at radius 3 is 2.52 bits per heavy atom. The molecule has 0 saturated carbocycles. The van der Waals surface area contributed by atoms with Crippen LogP contribution in [0.4, 0.5) is 0 Å². The molecule has 0 aromatic heterocycles. The standard InChI is InChI=1S/C17H28ClNO2/c1-6-13(5)19-9-14(20)10-21-17-7-12(4)16(18)8-15(17)11(2)3/h7-8,11,13-14,19-20H,6,9-10H2,1-5H3/p+1/t13-,14+/m0/s1. The normalized spacial score (nSPS) is 14.3. The second-order valence-corrected chi connectivity index (χ2v) is 6.52. The van der Waals surface area contributed by atoms with Crippen molar-refractivity contribution < 1.29 is 15.2 Å². The summed E-state index contributed by atoms with van der Waals surface area (Å²) in [5.41, 5.74) is 2.08. The second-order valence-electron chi connectivity index (χ2n) is 6.12. The third-order valence-electron chi connectivity index (χ3n) is 3.80. The highest BCUT2D eigenvalue weighted by atomic mass is 35.5. The number of aliphatic hydroxyl groups is 1. The molecule has 0 spiro atoms. The van der Waals surface area contributed by atoms with Crippen LogP contribution in [0, 0.1) is 6.92 Å². The van der Waals surface area contributed by atoms with E-state index in [-0.39, 0.29) is 0 Å². The van der Waals surface area contributed by atoms with Crippen molar-refractivity contribution in [3.05, 3.63) is 28.3 Å². The highest BCUT2D eigenvalue weighted by Crippen LogP contribution is 2.32. The fourth-order valence-corrected chi connectivity index (χ4v) is 2.23. The minimum Gasteiger partial charge on any atom is -0.490 e. The number of benzene rings is 1. The summed E-state index contributed by atoms with van der Waals surface area (Å²) in [7, 11) is 0. The first-order valence-electron chi connectivity index (χ1n) is 7.79. The van der Waals surface area contributed by atoms with Crippen LogP contribution in [0.15, 0.2) is 12.1 Å². The molecule has 4 heteroatoms. The Hall–Kier alpha value is -0.770. The maximum absolute atomic E-state index is 10.0. The average molecular weight is 315 g/mol. The van der Waals surface area contributed by atoms with Gasteiger partial charge in [0.05, 0.1) is 6.04 Å². The number of halogens is 1. The molecule has 120 valence electrons. The number of nitrogens with two attached hydrogens (primary N) is 1. The van der Waals surface area contributed by atoms with Gasteiger partial charge in [0.2, 0.25) is 0 Å². The second kappa shape index (κ2) is 8.62. The molecule has 2 atom stereocenters. The molecule has 3 N–H and O–H groups in total. The molecule has 0 radical (unpaired) electrons. The van der Waals surface area contributed by atoms with Crippen LogP contribution in [0.25, 0.3) is 0 Å². The monoisotopic (exact) mass is 314 g/mol. The van der Waals surface area contributed by atoms with Gasteiger partial charge in [-0.25, -0.2) is 0 Å². The van der Waals surface area contributed by atoms with Gasteiger partial charge in [0.1, 0.15) is 25.0 Å². The first-order chi connectivity index (χ1) is 9.85. The zero-order valence-electron chi connectivity index (χ0n) is 13.8. The Morgan fingerprint density at radius 2 is 1.95 bits per heavy atom. The highest BCUT2D eigenvalue weighted by Gasteiger charge is 2.14. The number of aryl methyl sites for hydroxylation is 1. The van der Waals surface area contributed by atoms with Crippen molar-refractivity contribution in [1.82, 2.24) is 0 Å². The zero-order valence-corrected chi connectivity index (χ0v) is 14.6. The van der Waals surface area contributed by atoms with E-state index in [1.54, 1.807) is 0 Å². The zero-order chi connectivity index (χ0) is 16.0. The smallest absolute Gasteiger partial charge is 0.137 e. The van der Waals surface area contributed by atoms with E-state index in [0.717, 1.165) is 28.3 Å². The van der Waals surface area contributed by atoms with Gasteiger partial charge in [-0.15, -0.1) is 0 Å². The lowest BCUT2D eigenvalue weighted by Gasteiger charge is -2.18. The lowest BCUT2D eigenvalue weighted by atomic mass is 10.0. The van der Waals surface area contributed by atoms with Crippen LogP contribution in [-0.2, 0) is 0 Å². The summed E-state index contributed by atoms with van der Waals surface area (Å²) < 4.78 is 5.83. The molecule has 0 aliphatic carbocycles. The van der Waals surface area contributed by atoms with Crippen molar-refractivity contribution in [1.29, 1.82) is 0 Å². The third kappa shape index (κ3) is 5.85. The average Bonchev–Trinajstić information content (AvgIpc) is 2.45. The SMILES string of the molecule is CC[C@H](C)[NH2+]C[C@@H](O)COc1cc(C)c(Cl)cc1C(C)C. The largest absolute Gasteiger partial charge is 0.490 e. The molecule has 1 rings (SSSR count). The van der Waals surface area contributed by atoms with E-state index in [1.807, 2.05) is 19.1 Å². The minimum atomic E-state index is -0.463. The van der Waals surface area contributed by atoms with Gasteiger partial charge in [-0.3, -0.25) is 0 Å². The van der Waals surface area contributed by atoms with Gasteiger partial charge in [0, 0.05) is 5.02 Å². The first kappa shape index (κ1) is 18.3. The van der Waals surface area contributed by atoms with Crippen LogP contribution < -0.4 is 10.1 Å². The molecule has 21 heavy (non-hydrogen) atoms. The van der Waals surface area contributed by atoms with Gasteiger partial charge in [-0.05, 0) is 49.4 Å². The Balaban J connectivity index is 2.64. The number of aliphatic hydroxyl groups excluding tert-OH is 1. The van der Waals surface area contributed by atoms with Crippen LogP contribution in [0.1, 0.15) is 51.2 Å².